The van der Waals surface area contributed by atoms with Crippen LogP contribution in [0.15, 0.2) is 36.4 Å². The summed E-state index contributed by atoms with van der Waals surface area (Å²) in [5, 5.41) is 3.42. The first-order valence-electron chi connectivity index (χ1n) is 8.99. The lowest BCUT2D eigenvalue weighted by Crippen LogP contribution is -2.41. The first-order valence-corrected chi connectivity index (χ1v) is 11.6. The normalized spacial score (nSPS) is 14.4. The highest BCUT2D eigenvalue weighted by atomic mass is 35.5. The number of carbonyl (C=O) groups excluding carboxylic acids is 1. The number of rotatable bonds is 6. The molecule has 28 heavy (non-hydrogen) atoms. The Balaban J connectivity index is 1.74. The number of aryl methyl sites for hydroxylation is 2. The summed E-state index contributed by atoms with van der Waals surface area (Å²) < 4.78 is 25.4. The van der Waals surface area contributed by atoms with Crippen LogP contribution in [-0.4, -0.2) is 27.1 Å². The number of fused-ring (bicyclic) bond motifs is 1. The van der Waals surface area contributed by atoms with E-state index in [2.05, 4.69) is 17.4 Å². The third-order valence-electron chi connectivity index (χ3n) is 4.88. The fraction of sp³-hybridized carbons (Fsp3) is 0.350. The van der Waals surface area contributed by atoms with Crippen LogP contribution >= 0.6 is 23.2 Å². The van der Waals surface area contributed by atoms with Crippen LogP contribution in [0.4, 0.5) is 5.69 Å². The van der Waals surface area contributed by atoms with Crippen molar-refractivity contribution >= 4 is 44.8 Å². The zero-order valence-electron chi connectivity index (χ0n) is 15.7. The van der Waals surface area contributed by atoms with Crippen LogP contribution in [0.25, 0.3) is 0 Å². The molecule has 0 spiro atoms. The Bertz CT molecular complexity index is 1010. The smallest absolute Gasteiger partial charge is 0.241 e. The van der Waals surface area contributed by atoms with E-state index in [0.717, 1.165) is 35.4 Å². The van der Waals surface area contributed by atoms with Crippen LogP contribution < -0.4 is 9.62 Å². The van der Waals surface area contributed by atoms with Gasteiger partial charge in [-0.15, -0.1) is 0 Å². The molecule has 0 radical (unpaired) electrons. The number of anilines is 1. The van der Waals surface area contributed by atoms with Gasteiger partial charge in [-0.3, -0.25) is 9.10 Å². The van der Waals surface area contributed by atoms with Gasteiger partial charge in [-0.25, -0.2) is 8.42 Å². The van der Waals surface area contributed by atoms with Crippen LogP contribution in [0.2, 0.25) is 10.0 Å². The fourth-order valence-electron chi connectivity index (χ4n) is 3.40. The van der Waals surface area contributed by atoms with E-state index in [1.807, 2.05) is 13.0 Å². The third kappa shape index (κ3) is 4.80. The average molecular weight is 441 g/mol. The van der Waals surface area contributed by atoms with Crippen LogP contribution in [0, 0.1) is 0 Å². The van der Waals surface area contributed by atoms with Gasteiger partial charge in [0.05, 0.1) is 28.0 Å². The van der Waals surface area contributed by atoms with E-state index in [-0.39, 0.29) is 23.3 Å². The number of benzene rings is 2. The Kier molecular flexibility index (Phi) is 6.22. The molecule has 0 unspecified atom stereocenters. The quantitative estimate of drug-likeness (QED) is 0.733. The van der Waals surface area contributed by atoms with Gasteiger partial charge in [0.1, 0.15) is 6.54 Å². The van der Waals surface area contributed by atoms with Gasteiger partial charge in [0.2, 0.25) is 15.9 Å². The molecule has 0 saturated heterocycles. The maximum Gasteiger partial charge on any atom is 0.241 e. The molecule has 0 saturated carbocycles. The first-order chi connectivity index (χ1) is 13.1. The molecule has 0 fully saturated rings. The molecular formula is C20H22Cl2N2O3S. The zero-order valence-corrected chi connectivity index (χ0v) is 18.0. The Morgan fingerprint density at radius 3 is 2.50 bits per heavy atom. The van der Waals surface area contributed by atoms with Gasteiger partial charge in [-0.2, -0.15) is 0 Å². The standard InChI is InChI=1S/C20H22Cl2N2O3S/c1-13(15-7-6-14-4-3-5-16(14)10-15)23-20(25)12-24(28(2,26)27)17-8-9-18(21)19(22)11-17/h6-11,13H,3-5,12H2,1-2H3,(H,23,25)/t13-/m0/s1. The summed E-state index contributed by atoms with van der Waals surface area (Å²) >= 11 is 11.9. The van der Waals surface area contributed by atoms with Gasteiger partial charge >= 0.3 is 0 Å². The highest BCUT2D eigenvalue weighted by molar-refractivity contribution is 7.92. The number of amides is 1. The molecule has 1 aliphatic rings. The number of nitrogens with one attached hydrogen (secondary N) is 1. The minimum absolute atomic E-state index is 0.222. The van der Waals surface area contributed by atoms with Crippen molar-refractivity contribution in [1.82, 2.24) is 5.32 Å². The van der Waals surface area contributed by atoms with Crippen molar-refractivity contribution in [2.75, 3.05) is 17.1 Å². The Morgan fingerprint density at radius 2 is 1.82 bits per heavy atom. The highest BCUT2D eigenvalue weighted by Gasteiger charge is 2.23. The number of nitrogens with zero attached hydrogens (tertiary/aromatic N) is 1. The van der Waals surface area contributed by atoms with Crippen molar-refractivity contribution in [2.45, 2.75) is 32.2 Å². The summed E-state index contributed by atoms with van der Waals surface area (Å²) in [5.41, 5.74) is 3.99. The van der Waals surface area contributed by atoms with Gasteiger partial charge in [0.25, 0.3) is 0 Å². The molecule has 2 aromatic rings. The maximum atomic E-state index is 12.6. The molecule has 0 bridgehead atoms. The SMILES string of the molecule is C[C@H](NC(=O)CN(c1ccc(Cl)c(Cl)c1)S(C)(=O)=O)c1ccc2c(c1)CCC2. The number of carbonyl (C=O) groups is 1. The molecule has 1 N–H and O–H groups in total. The minimum atomic E-state index is -3.68. The van der Waals surface area contributed by atoms with Crippen molar-refractivity contribution < 1.29 is 13.2 Å². The van der Waals surface area contributed by atoms with Crippen molar-refractivity contribution in [2.24, 2.45) is 0 Å². The van der Waals surface area contributed by atoms with Gasteiger partial charge in [-0.05, 0) is 61.1 Å². The van der Waals surface area contributed by atoms with Gasteiger partial charge in [0, 0.05) is 0 Å². The maximum absolute atomic E-state index is 12.6. The molecule has 1 atom stereocenters. The molecule has 1 aliphatic carbocycles. The molecule has 0 aliphatic heterocycles. The molecule has 3 rings (SSSR count). The Labute approximate surface area is 175 Å². The van der Waals surface area contributed by atoms with Crippen molar-refractivity contribution in [3.8, 4) is 0 Å². The summed E-state index contributed by atoms with van der Waals surface area (Å²) in [6.07, 6.45) is 4.37. The molecular weight excluding hydrogens is 419 g/mol. The van der Waals surface area contributed by atoms with Crippen LogP contribution in [-0.2, 0) is 27.7 Å². The number of halogens is 2. The van der Waals surface area contributed by atoms with Crippen LogP contribution in [0.3, 0.4) is 0 Å². The van der Waals surface area contributed by atoms with Crippen molar-refractivity contribution in [3.05, 3.63) is 63.1 Å². The summed E-state index contributed by atoms with van der Waals surface area (Å²) in [6, 6.07) is 10.5. The lowest BCUT2D eigenvalue weighted by atomic mass is 10.0. The molecule has 2 aromatic carbocycles. The summed E-state index contributed by atoms with van der Waals surface area (Å²) in [6.45, 7) is 1.55. The third-order valence-corrected chi connectivity index (χ3v) is 6.76. The van der Waals surface area contributed by atoms with Crippen molar-refractivity contribution in [3.63, 3.8) is 0 Å². The predicted molar refractivity (Wildman–Crippen MR) is 114 cm³/mol. The molecule has 150 valence electrons. The van der Waals surface area contributed by atoms with Gasteiger partial charge < -0.3 is 5.32 Å². The van der Waals surface area contributed by atoms with E-state index in [9.17, 15) is 13.2 Å². The van der Waals surface area contributed by atoms with E-state index in [1.165, 1.54) is 29.3 Å². The number of sulfonamides is 1. The van der Waals surface area contributed by atoms with E-state index in [1.54, 1.807) is 0 Å². The van der Waals surface area contributed by atoms with Crippen LogP contribution in [0.5, 0.6) is 0 Å². The molecule has 0 heterocycles. The fourth-order valence-corrected chi connectivity index (χ4v) is 4.54. The second kappa shape index (κ2) is 8.31. The predicted octanol–water partition coefficient (Wildman–Crippen LogP) is 4.13. The van der Waals surface area contributed by atoms with E-state index >= 15 is 0 Å². The second-order valence-corrected chi connectivity index (χ2v) is 9.76. The monoisotopic (exact) mass is 440 g/mol. The highest BCUT2D eigenvalue weighted by Crippen LogP contribution is 2.29. The average Bonchev–Trinajstić information content (AvgIpc) is 3.09. The summed E-state index contributed by atoms with van der Waals surface area (Å²) in [7, 11) is -3.68. The van der Waals surface area contributed by atoms with Gasteiger partial charge in [-0.1, -0.05) is 41.4 Å². The van der Waals surface area contributed by atoms with Crippen LogP contribution in [0.1, 0.15) is 36.1 Å². The van der Waals surface area contributed by atoms with E-state index in [4.69, 9.17) is 23.2 Å². The first kappa shape index (κ1) is 21.0. The van der Waals surface area contributed by atoms with Gasteiger partial charge in [0.15, 0.2) is 0 Å². The topological polar surface area (TPSA) is 66.5 Å². The zero-order chi connectivity index (χ0) is 20.5. The minimum Gasteiger partial charge on any atom is -0.348 e. The number of hydrogen-bond acceptors (Lipinski definition) is 3. The summed E-state index contributed by atoms with van der Waals surface area (Å²) in [4.78, 5) is 12.6. The lowest BCUT2D eigenvalue weighted by molar-refractivity contribution is -0.120. The Hall–Kier alpha value is -1.76. The molecule has 8 heteroatoms. The molecule has 0 aromatic heterocycles. The Morgan fingerprint density at radius 1 is 1.11 bits per heavy atom. The second-order valence-electron chi connectivity index (χ2n) is 7.04. The summed E-state index contributed by atoms with van der Waals surface area (Å²) in [5.74, 6) is -0.399. The molecule has 5 nitrogen and oxygen atoms in total. The largest absolute Gasteiger partial charge is 0.348 e. The lowest BCUT2D eigenvalue weighted by Gasteiger charge is -2.23. The molecule has 1 amide bonds. The van der Waals surface area contributed by atoms with Crippen molar-refractivity contribution in [1.29, 1.82) is 0 Å². The van der Waals surface area contributed by atoms with E-state index < -0.39 is 15.9 Å². The number of hydrogen-bond donors (Lipinski definition) is 1. The van der Waals surface area contributed by atoms with E-state index in [0.29, 0.717) is 5.02 Å².